The molecule has 0 aliphatic carbocycles. The summed E-state index contributed by atoms with van der Waals surface area (Å²) in [5, 5.41) is 3.14. The van der Waals surface area contributed by atoms with Gasteiger partial charge in [-0.05, 0) is 31.2 Å². The highest BCUT2D eigenvalue weighted by Crippen LogP contribution is 2.20. The molecule has 4 nitrogen and oxygen atoms in total. The van der Waals surface area contributed by atoms with Crippen LogP contribution < -0.4 is 10.1 Å². The molecule has 2 aromatic rings. The lowest BCUT2D eigenvalue weighted by molar-refractivity contribution is 0.415. The molecule has 17 heavy (non-hydrogen) atoms. The fourth-order valence-corrected chi connectivity index (χ4v) is 1.53. The van der Waals surface area contributed by atoms with E-state index in [-0.39, 0.29) is 0 Å². The van der Waals surface area contributed by atoms with Gasteiger partial charge in [-0.3, -0.25) is 4.98 Å². The smallest absolute Gasteiger partial charge is 0.145 e. The van der Waals surface area contributed by atoms with Crippen LogP contribution in [0.2, 0.25) is 0 Å². The van der Waals surface area contributed by atoms with Crippen molar-refractivity contribution >= 4 is 5.82 Å². The van der Waals surface area contributed by atoms with E-state index in [0.717, 1.165) is 29.4 Å². The van der Waals surface area contributed by atoms with Gasteiger partial charge in [-0.25, -0.2) is 4.98 Å². The molecule has 1 aromatic carbocycles. The predicted molar refractivity (Wildman–Crippen MR) is 68.2 cm³/mol. The lowest BCUT2D eigenvalue weighted by atomic mass is 10.1. The summed E-state index contributed by atoms with van der Waals surface area (Å²) < 4.78 is 5.12. The first-order chi connectivity index (χ1) is 8.33. The number of anilines is 1. The third kappa shape index (κ3) is 2.72. The maximum absolute atomic E-state index is 5.12. The lowest BCUT2D eigenvalue weighted by Gasteiger charge is -2.05. The molecule has 0 atom stereocenters. The van der Waals surface area contributed by atoms with Crippen molar-refractivity contribution in [1.82, 2.24) is 9.97 Å². The minimum atomic E-state index is 0.792. The van der Waals surface area contributed by atoms with E-state index < -0.39 is 0 Å². The molecule has 0 spiro atoms. The third-order valence-corrected chi connectivity index (χ3v) is 2.38. The minimum absolute atomic E-state index is 0.792. The predicted octanol–water partition coefficient (Wildman–Crippen LogP) is 2.58. The van der Waals surface area contributed by atoms with Crippen molar-refractivity contribution in [3.63, 3.8) is 0 Å². The molecule has 0 aliphatic rings. The van der Waals surface area contributed by atoms with Crippen molar-refractivity contribution in [2.24, 2.45) is 0 Å². The molecule has 0 saturated carbocycles. The van der Waals surface area contributed by atoms with E-state index in [1.807, 2.05) is 31.2 Å². The van der Waals surface area contributed by atoms with Gasteiger partial charge in [-0.1, -0.05) is 0 Å². The van der Waals surface area contributed by atoms with Crippen LogP contribution in [0.25, 0.3) is 11.3 Å². The summed E-state index contributed by atoms with van der Waals surface area (Å²) in [5.74, 6) is 1.63. The van der Waals surface area contributed by atoms with Crippen molar-refractivity contribution in [2.75, 3.05) is 19.0 Å². The number of benzene rings is 1. The summed E-state index contributed by atoms with van der Waals surface area (Å²) in [7, 11) is 1.65. The molecule has 0 saturated heterocycles. The Morgan fingerprint density at radius 1 is 1.18 bits per heavy atom. The van der Waals surface area contributed by atoms with Gasteiger partial charge in [0.2, 0.25) is 0 Å². The standard InChI is InChI=1S/C13H15N3O/c1-3-15-13-9-14-8-12(16-13)10-4-6-11(17-2)7-5-10/h4-9H,3H2,1-2H3,(H,15,16). The molecular formula is C13H15N3O. The van der Waals surface area contributed by atoms with Crippen molar-refractivity contribution < 1.29 is 4.74 Å². The van der Waals surface area contributed by atoms with Gasteiger partial charge in [-0.2, -0.15) is 0 Å². The van der Waals surface area contributed by atoms with Gasteiger partial charge in [0, 0.05) is 12.1 Å². The number of nitrogens with zero attached hydrogens (tertiary/aromatic N) is 2. The van der Waals surface area contributed by atoms with Gasteiger partial charge in [0.05, 0.1) is 25.2 Å². The van der Waals surface area contributed by atoms with Crippen LogP contribution in [0.15, 0.2) is 36.7 Å². The van der Waals surface area contributed by atoms with E-state index in [1.54, 1.807) is 19.5 Å². The zero-order chi connectivity index (χ0) is 12.1. The van der Waals surface area contributed by atoms with Gasteiger partial charge < -0.3 is 10.1 Å². The van der Waals surface area contributed by atoms with Crippen LogP contribution in [0.5, 0.6) is 5.75 Å². The van der Waals surface area contributed by atoms with E-state index in [9.17, 15) is 0 Å². The number of methoxy groups -OCH3 is 1. The minimum Gasteiger partial charge on any atom is -0.497 e. The summed E-state index contributed by atoms with van der Waals surface area (Å²) in [6.45, 7) is 2.86. The first kappa shape index (κ1) is 11.4. The molecule has 0 unspecified atom stereocenters. The molecule has 0 bridgehead atoms. The Bertz CT molecular complexity index is 482. The van der Waals surface area contributed by atoms with Crippen LogP contribution in [0.1, 0.15) is 6.92 Å². The number of aromatic nitrogens is 2. The second-order valence-electron chi connectivity index (χ2n) is 3.55. The molecule has 4 heteroatoms. The first-order valence-corrected chi connectivity index (χ1v) is 5.54. The van der Waals surface area contributed by atoms with Gasteiger partial charge >= 0.3 is 0 Å². The van der Waals surface area contributed by atoms with Gasteiger partial charge in [0.25, 0.3) is 0 Å². The normalized spacial score (nSPS) is 10.0. The molecule has 0 fully saturated rings. The van der Waals surface area contributed by atoms with E-state index in [1.165, 1.54) is 0 Å². The summed E-state index contributed by atoms with van der Waals surface area (Å²) in [6, 6.07) is 7.77. The lowest BCUT2D eigenvalue weighted by Crippen LogP contribution is -2.00. The monoisotopic (exact) mass is 229 g/mol. The zero-order valence-electron chi connectivity index (χ0n) is 9.97. The fraction of sp³-hybridized carbons (Fsp3) is 0.231. The zero-order valence-corrected chi connectivity index (χ0v) is 9.97. The van der Waals surface area contributed by atoms with Gasteiger partial charge in [0.15, 0.2) is 0 Å². The summed E-state index contributed by atoms with van der Waals surface area (Å²) in [6.07, 6.45) is 3.47. The molecule has 1 aromatic heterocycles. The topological polar surface area (TPSA) is 47.0 Å². The van der Waals surface area contributed by atoms with Crippen LogP contribution in [-0.4, -0.2) is 23.6 Å². The largest absolute Gasteiger partial charge is 0.497 e. The van der Waals surface area contributed by atoms with Crippen molar-refractivity contribution in [1.29, 1.82) is 0 Å². The Labute approximate surface area is 101 Å². The van der Waals surface area contributed by atoms with Gasteiger partial charge in [0.1, 0.15) is 11.6 Å². The molecule has 1 heterocycles. The summed E-state index contributed by atoms with van der Waals surface area (Å²) >= 11 is 0. The molecular weight excluding hydrogens is 214 g/mol. The number of nitrogens with one attached hydrogen (secondary N) is 1. The van der Waals surface area contributed by atoms with Crippen LogP contribution in [0, 0.1) is 0 Å². The van der Waals surface area contributed by atoms with Crippen molar-refractivity contribution in [3.8, 4) is 17.0 Å². The maximum Gasteiger partial charge on any atom is 0.145 e. The second-order valence-corrected chi connectivity index (χ2v) is 3.55. The molecule has 0 aliphatic heterocycles. The van der Waals surface area contributed by atoms with Gasteiger partial charge in [-0.15, -0.1) is 0 Å². The Balaban J connectivity index is 2.28. The molecule has 0 amide bonds. The Hall–Kier alpha value is -2.10. The number of rotatable bonds is 4. The maximum atomic E-state index is 5.12. The number of ether oxygens (including phenoxy) is 1. The van der Waals surface area contributed by atoms with Crippen LogP contribution in [0.4, 0.5) is 5.82 Å². The Morgan fingerprint density at radius 2 is 1.94 bits per heavy atom. The fourth-order valence-electron chi connectivity index (χ4n) is 1.53. The Kier molecular flexibility index (Phi) is 3.55. The summed E-state index contributed by atoms with van der Waals surface area (Å²) in [5.41, 5.74) is 1.88. The third-order valence-electron chi connectivity index (χ3n) is 2.38. The van der Waals surface area contributed by atoms with E-state index >= 15 is 0 Å². The quantitative estimate of drug-likeness (QED) is 0.875. The molecule has 0 radical (unpaired) electrons. The summed E-state index contributed by atoms with van der Waals surface area (Å²) in [4.78, 5) is 8.64. The average molecular weight is 229 g/mol. The highest BCUT2D eigenvalue weighted by atomic mass is 16.5. The van der Waals surface area contributed by atoms with Crippen LogP contribution in [-0.2, 0) is 0 Å². The SMILES string of the molecule is CCNc1cncc(-c2ccc(OC)cc2)n1. The second kappa shape index (κ2) is 5.30. The molecule has 88 valence electrons. The number of hydrogen-bond donors (Lipinski definition) is 1. The van der Waals surface area contributed by atoms with Crippen LogP contribution >= 0.6 is 0 Å². The molecule has 2 rings (SSSR count). The Morgan fingerprint density at radius 3 is 2.59 bits per heavy atom. The van der Waals surface area contributed by atoms with Crippen molar-refractivity contribution in [2.45, 2.75) is 6.92 Å². The van der Waals surface area contributed by atoms with E-state index in [2.05, 4.69) is 15.3 Å². The highest BCUT2D eigenvalue weighted by molar-refractivity contribution is 5.60. The number of hydrogen-bond acceptors (Lipinski definition) is 4. The van der Waals surface area contributed by atoms with E-state index in [4.69, 9.17) is 4.74 Å². The van der Waals surface area contributed by atoms with Crippen molar-refractivity contribution in [3.05, 3.63) is 36.7 Å². The van der Waals surface area contributed by atoms with Crippen LogP contribution in [0.3, 0.4) is 0 Å². The molecule has 1 N–H and O–H groups in total. The average Bonchev–Trinajstić information content (AvgIpc) is 2.40. The highest BCUT2D eigenvalue weighted by Gasteiger charge is 2.01. The first-order valence-electron chi connectivity index (χ1n) is 5.54. The van der Waals surface area contributed by atoms with E-state index in [0.29, 0.717) is 0 Å².